The van der Waals surface area contributed by atoms with E-state index in [2.05, 4.69) is 15.1 Å². The Bertz CT molecular complexity index is 668. The number of hydrogen-bond donors (Lipinski definition) is 1. The molecule has 1 aromatic carbocycles. The molecular formula is C12H11N3O5S. The van der Waals surface area contributed by atoms with Crippen molar-refractivity contribution in [2.24, 2.45) is 7.05 Å². The maximum atomic E-state index is 11.9. The van der Waals surface area contributed by atoms with Gasteiger partial charge in [0.15, 0.2) is 24.5 Å². The fraction of sp³-hybridized carbons (Fsp3) is 0.250. The highest BCUT2D eigenvalue weighted by Gasteiger charge is 2.17. The van der Waals surface area contributed by atoms with Crippen molar-refractivity contribution in [1.29, 1.82) is 0 Å². The number of carbonyl (C=O) groups excluding carboxylic acids is 1. The predicted molar refractivity (Wildman–Crippen MR) is 69.0 cm³/mol. The van der Waals surface area contributed by atoms with Crippen LogP contribution in [-0.2, 0) is 11.8 Å². The van der Waals surface area contributed by atoms with E-state index in [-0.39, 0.29) is 23.5 Å². The molecule has 3 rings (SSSR count). The third-order valence-corrected chi connectivity index (χ3v) is 3.82. The molecule has 8 nitrogen and oxygen atoms in total. The Balaban J connectivity index is 1.59. The monoisotopic (exact) mass is 309 g/mol. The van der Waals surface area contributed by atoms with E-state index in [0.717, 1.165) is 11.8 Å². The van der Waals surface area contributed by atoms with E-state index in [1.165, 1.54) is 4.68 Å². The molecule has 0 unspecified atom stereocenters. The number of rotatable bonds is 4. The number of aryl methyl sites for hydroxylation is 1. The lowest BCUT2D eigenvalue weighted by Crippen LogP contribution is -2.32. The molecular weight excluding hydrogens is 298 g/mol. The zero-order chi connectivity index (χ0) is 14.8. The van der Waals surface area contributed by atoms with Crippen LogP contribution in [0.5, 0.6) is 17.4 Å². The van der Waals surface area contributed by atoms with Gasteiger partial charge in [0.2, 0.25) is 12.7 Å². The Kier molecular flexibility index (Phi) is 3.57. The molecule has 0 aliphatic carbocycles. The number of nitrogens with zero attached hydrogens (tertiary/aromatic N) is 2. The number of hydrogen-bond acceptors (Lipinski definition) is 7. The number of aromatic nitrogens is 2. The summed E-state index contributed by atoms with van der Waals surface area (Å²) in [6, 6.07) is 5.12. The van der Waals surface area contributed by atoms with Gasteiger partial charge in [0, 0.05) is 11.8 Å². The highest BCUT2D eigenvalue weighted by Crippen LogP contribution is 2.34. The molecule has 0 radical (unpaired) electrons. The van der Waals surface area contributed by atoms with E-state index in [9.17, 15) is 9.90 Å². The van der Waals surface area contributed by atoms with Gasteiger partial charge in [-0.25, -0.2) is 0 Å². The van der Waals surface area contributed by atoms with Crippen LogP contribution in [-0.4, -0.2) is 23.7 Å². The molecule has 2 heterocycles. The Morgan fingerprint density at radius 3 is 3.05 bits per heavy atom. The number of benzene rings is 1. The molecule has 1 N–H and O–H groups in total. The van der Waals surface area contributed by atoms with Crippen LogP contribution in [0.4, 0.5) is 5.69 Å². The Morgan fingerprint density at radius 2 is 2.29 bits per heavy atom. The van der Waals surface area contributed by atoms with E-state index in [0.29, 0.717) is 17.2 Å². The first-order valence-corrected chi connectivity index (χ1v) is 6.97. The van der Waals surface area contributed by atoms with Crippen molar-refractivity contribution in [2.45, 2.75) is 5.03 Å². The van der Waals surface area contributed by atoms with Crippen LogP contribution in [0.3, 0.4) is 0 Å². The van der Waals surface area contributed by atoms with Crippen molar-refractivity contribution in [3.63, 3.8) is 0 Å². The molecule has 0 atom stereocenters. The summed E-state index contributed by atoms with van der Waals surface area (Å²) in [4.78, 5) is 11.9. The fourth-order valence-electron chi connectivity index (χ4n) is 1.76. The normalized spacial score (nSPS) is 12.4. The molecule has 21 heavy (non-hydrogen) atoms. The lowest BCUT2D eigenvalue weighted by molar-refractivity contribution is -0.772. The van der Waals surface area contributed by atoms with E-state index in [1.54, 1.807) is 25.2 Å². The Morgan fingerprint density at radius 1 is 1.48 bits per heavy atom. The molecule has 0 fully saturated rings. The third-order valence-electron chi connectivity index (χ3n) is 2.71. The summed E-state index contributed by atoms with van der Waals surface area (Å²) < 4.78 is 16.2. The zero-order valence-corrected chi connectivity index (χ0v) is 11.8. The number of carbonyl (C=O) groups is 1. The molecule has 0 bridgehead atoms. The van der Waals surface area contributed by atoms with Crippen molar-refractivity contribution in [3.8, 4) is 17.4 Å². The van der Waals surface area contributed by atoms with Crippen LogP contribution in [0.15, 0.2) is 27.7 Å². The highest BCUT2D eigenvalue weighted by atomic mass is 32.2. The summed E-state index contributed by atoms with van der Waals surface area (Å²) in [5.74, 6) is 0.499. The first kappa shape index (κ1) is 13.6. The summed E-state index contributed by atoms with van der Waals surface area (Å²) in [6.45, 7) is 0.179. The fourth-order valence-corrected chi connectivity index (χ4v) is 2.48. The Labute approximate surface area is 123 Å². The number of nitrogens with one attached hydrogen (secondary N) is 1. The molecule has 110 valence electrons. The van der Waals surface area contributed by atoms with Gasteiger partial charge in [0.25, 0.3) is 5.03 Å². The van der Waals surface area contributed by atoms with Crippen molar-refractivity contribution >= 4 is 23.4 Å². The molecule has 1 aliphatic heterocycles. The van der Waals surface area contributed by atoms with Gasteiger partial charge < -0.3 is 24.4 Å². The molecule has 2 aromatic rings. The van der Waals surface area contributed by atoms with Gasteiger partial charge in [0.1, 0.15) is 0 Å². The summed E-state index contributed by atoms with van der Waals surface area (Å²) >= 11 is 1.06. The van der Waals surface area contributed by atoms with Crippen LogP contribution < -0.4 is 24.6 Å². The lowest BCUT2D eigenvalue weighted by Gasteiger charge is -2.05. The van der Waals surface area contributed by atoms with Gasteiger partial charge in [-0.15, -0.1) is 0 Å². The Hall–Kier alpha value is -2.42. The summed E-state index contributed by atoms with van der Waals surface area (Å²) in [5.41, 5.74) is 0.599. The van der Waals surface area contributed by atoms with Crippen LogP contribution in [0.25, 0.3) is 0 Å². The number of fused-ring (bicyclic) bond motifs is 1. The van der Waals surface area contributed by atoms with Crippen molar-refractivity contribution in [2.75, 3.05) is 17.9 Å². The van der Waals surface area contributed by atoms with Gasteiger partial charge in [-0.05, 0) is 23.9 Å². The zero-order valence-electron chi connectivity index (χ0n) is 11.0. The minimum Gasteiger partial charge on any atom is -0.538 e. The average molecular weight is 309 g/mol. The maximum absolute atomic E-state index is 11.9. The van der Waals surface area contributed by atoms with Crippen LogP contribution in [0.2, 0.25) is 0 Å². The highest BCUT2D eigenvalue weighted by molar-refractivity contribution is 7.99. The minimum atomic E-state index is -0.557. The van der Waals surface area contributed by atoms with Crippen molar-refractivity contribution in [3.05, 3.63) is 18.2 Å². The van der Waals surface area contributed by atoms with E-state index in [1.807, 2.05) is 0 Å². The molecule has 9 heteroatoms. The van der Waals surface area contributed by atoms with Crippen LogP contribution in [0.1, 0.15) is 0 Å². The van der Waals surface area contributed by atoms with Gasteiger partial charge in [-0.3, -0.25) is 4.79 Å². The van der Waals surface area contributed by atoms with Gasteiger partial charge in [0.05, 0.1) is 11.0 Å². The summed E-state index contributed by atoms with van der Waals surface area (Å²) in [5, 5.41) is 17.8. The van der Waals surface area contributed by atoms with E-state index >= 15 is 0 Å². The van der Waals surface area contributed by atoms with Gasteiger partial charge in [-0.1, -0.05) is 4.68 Å². The molecule has 0 saturated heterocycles. The topological polar surface area (TPSA) is 101 Å². The van der Waals surface area contributed by atoms with E-state index < -0.39 is 5.95 Å². The summed E-state index contributed by atoms with van der Waals surface area (Å²) in [7, 11) is 1.57. The quantitative estimate of drug-likeness (QED) is 0.628. The second kappa shape index (κ2) is 5.52. The number of anilines is 1. The maximum Gasteiger partial charge on any atom is 0.291 e. The molecule has 0 spiro atoms. The SMILES string of the molecule is C[n+]1noc([O-])c1SCC(=O)Nc1ccc2c(c1)OCO2. The third kappa shape index (κ3) is 2.87. The molecule has 1 amide bonds. The smallest absolute Gasteiger partial charge is 0.291 e. The lowest BCUT2D eigenvalue weighted by atomic mass is 10.3. The number of thioether (sulfide) groups is 1. The van der Waals surface area contributed by atoms with Gasteiger partial charge in [-0.2, -0.15) is 0 Å². The first-order chi connectivity index (χ1) is 10.1. The molecule has 0 saturated carbocycles. The average Bonchev–Trinajstić information content (AvgIpc) is 3.04. The van der Waals surface area contributed by atoms with E-state index in [4.69, 9.17) is 9.47 Å². The van der Waals surface area contributed by atoms with Crippen molar-refractivity contribution < 1.29 is 28.6 Å². The standard InChI is InChI=1S/C12H11N3O5S/c1-15-11(12(17)20-14-15)21-5-10(16)13-7-2-3-8-9(4-7)19-6-18-8/h2-4H,5-6H2,1H3,(H-,13,14,16,17). The second-order valence-electron chi connectivity index (χ2n) is 4.19. The first-order valence-electron chi connectivity index (χ1n) is 5.99. The second-order valence-corrected chi connectivity index (χ2v) is 5.16. The number of ether oxygens (including phenoxy) is 2. The molecule has 1 aliphatic rings. The van der Waals surface area contributed by atoms with Gasteiger partial charge >= 0.3 is 0 Å². The van der Waals surface area contributed by atoms with Crippen LogP contribution in [0, 0.1) is 0 Å². The number of amides is 1. The minimum absolute atomic E-state index is 0.0682. The summed E-state index contributed by atoms with van der Waals surface area (Å²) in [6.07, 6.45) is 0. The largest absolute Gasteiger partial charge is 0.538 e. The molecule has 1 aromatic heterocycles. The van der Waals surface area contributed by atoms with Crippen molar-refractivity contribution in [1.82, 2.24) is 5.27 Å². The van der Waals surface area contributed by atoms with Crippen LogP contribution >= 0.6 is 11.8 Å². The predicted octanol–water partition coefficient (Wildman–Crippen LogP) is 0.0322.